The molecule has 0 aliphatic heterocycles. The Morgan fingerprint density at radius 1 is 1.67 bits per heavy atom. The fraction of sp³-hybridized carbons (Fsp3) is 0.286. The highest BCUT2D eigenvalue weighted by atomic mass is 79.9. The summed E-state index contributed by atoms with van der Waals surface area (Å²) in [5.74, 6) is 0. The summed E-state index contributed by atoms with van der Waals surface area (Å²) in [6, 6.07) is 3.27. The van der Waals surface area contributed by atoms with E-state index in [1.165, 1.54) is 0 Å². The molecule has 3 nitrogen and oxygen atoms in total. The third-order valence-corrected chi connectivity index (χ3v) is 1.81. The normalized spacial score (nSPS) is 11.9. The van der Waals surface area contributed by atoms with Gasteiger partial charge in [-0.3, -0.25) is 0 Å². The molecule has 5 heteroatoms. The summed E-state index contributed by atoms with van der Waals surface area (Å²) < 4.78 is 0.735. The van der Waals surface area contributed by atoms with Crippen molar-refractivity contribution in [3.63, 3.8) is 0 Å². The van der Waals surface area contributed by atoms with Gasteiger partial charge in [0.15, 0.2) is 0 Å². The Morgan fingerprint density at radius 2 is 2.33 bits per heavy atom. The average Bonchev–Trinajstić information content (AvgIpc) is 2.03. The molecule has 0 fully saturated rings. The predicted molar refractivity (Wildman–Crippen MR) is 53.2 cm³/mol. The molecule has 0 saturated carbocycles. The predicted octanol–water partition coefficient (Wildman–Crippen LogP) is 1.26. The van der Waals surface area contributed by atoms with Crippen LogP contribution in [0.2, 0.25) is 0 Å². The maximum atomic E-state index is 8.72. The Balaban J connectivity index is 0.00000121. The minimum Gasteiger partial charge on any atom is -0.394 e. The summed E-state index contributed by atoms with van der Waals surface area (Å²) in [5.41, 5.74) is 6.45. The second kappa shape index (κ2) is 5.48. The van der Waals surface area contributed by atoms with Crippen molar-refractivity contribution in [2.75, 3.05) is 6.61 Å². The lowest BCUT2D eigenvalue weighted by atomic mass is 10.1. The number of pyridine rings is 1. The molecule has 1 aromatic heterocycles. The molecular formula is C7H10BrClN2O. The van der Waals surface area contributed by atoms with Gasteiger partial charge in [-0.2, -0.15) is 0 Å². The third kappa shape index (κ3) is 3.06. The zero-order valence-corrected chi connectivity index (χ0v) is 8.68. The Bertz CT molecular complexity index is 247. The molecular weight excluding hydrogens is 243 g/mol. The van der Waals surface area contributed by atoms with Gasteiger partial charge >= 0.3 is 0 Å². The maximum Gasteiger partial charge on any atom is 0.106 e. The number of halogens is 2. The zero-order chi connectivity index (χ0) is 8.27. The van der Waals surface area contributed by atoms with Crippen LogP contribution in [0.1, 0.15) is 11.6 Å². The van der Waals surface area contributed by atoms with E-state index in [0.29, 0.717) is 0 Å². The molecule has 0 spiro atoms. The van der Waals surface area contributed by atoms with Gasteiger partial charge < -0.3 is 10.8 Å². The van der Waals surface area contributed by atoms with Gasteiger partial charge in [-0.1, -0.05) is 0 Å². The molecule has 12 heavy (non-hydrogen) atoms. The van der Waals surface area contributed by atoms with Crippen LogP contribution in [0.4, 0.5) is 0 Å². The Hall–Kier alpha value is -0.160. The first-order chi connectivity index (χ1) is 5.24. The molecule has 0 aliphatic rings. The van der Waals surface area contributed by atoms with E-state index in [1.54, 1.807) is 18.3 Å². The van der Waals surface area contributed by atoms with E-state index in [2.05, 4.69) is 20.9 Å². The van der Waals surface area contributed by atoms with Crippen molar-refractivity contribution in [3.05, 3.63) is 28.5 Å². The maximum absolute atomic E-state index is 8.72. The molecule has 1 aromatic rings. The van der Waals surface area contributed by atoms with Crippen LogP contribution in [0.25, 0.3) is 0 Å². The van der Waals surface area contributed by atoms with E-state index in [0.717, 1.165) is 10.2 Å². The second-order valence-electron chi connectivity index (χ2n) is 2.20. The fourth-order valence-electron chi connectivity index (χ4n) is 0.753. The Morgan fingerprint density at radius 3 is 2.83 bits per heavy atom. The van der Waals surface area contributed by atoms with Crippen LogP contribution in [0.3, 0.4) is 0 Å². The quantitative estimate of drug-likeness (QED) is 0.780. The summed E-state index contributed by atoms with van der Waals surface area (Å²) in [4.78, 5) is 3.94. The Kier molecular flexibility index (Phi) is 5.41. The molecule has 0 radical (unpaired) electrons. The van der Waals surface area contributed by atoms with Crippen LogP contribution in [0, 0.1) is 0 Å². The van der Waals surface area contributed by atoms with Gasteiger partial charge in [0.25, 0.3) is 0 Å². The number of rotatable bonds is 2. The van der Waals surface area contributed by atoms with Crippen molar-refractivity contribution >= 4 is 28.3 Å². The number of aliphatic hydroxyl groups excluding tert-OH is 1. The van der Waals surface area contributed by atoms with E-state index in [9.17, 15) is 0 Å². The summed E-state index contributed by atoms with van der Waals surface area (Å²) >= 11 is 3.21. The van der Waals surface area contributed by atoms with Gasteiger partial charge in [-0.25, -0.2) is 4.98 Å². The van der Waals surface area contributed by atoms with E-state index in [-0.39, 0.29) is 25.1 Å². The summed E-state index contributed by atoms with van der Waals surface area (Å²) in [6.07, 6.45) is 1.65. The van der Waals surface area contributed by atoms with Crippen molar-refractivity contribution < 1.29 is 5.11 Å². The first-order valence-electron chi connectivity index (χ1n) is 3.22. The number of nitrogens with zero attached hydrogens (tertiary/aromatic N) is 1. The average molecular weight is 254 g/mol. The molecule has 0 aliphatic carbocycles. The third-order valence-electron chi connectivity index (χ3n) is 1.38. The van der Waals surface area contributed by atoms with Crippen LogP contribution >= 0.6 is 28.3 Å². The molecule has 0 amide bonds. The van der Waals surface area contributed by atoms with E-state index < -0.39 is 0 Å². The van der Waals surface area contributed by atoms with Crippen molar-refractivity contribution in [1.82, 2.24) is 4.98 Å². The summed E-state index contributed by atoms with van der Waals surface area (Å²) in [5, 5.41) is 8.72. The Labute approximate surface area is 85.5 Å². The lowest BCUT2D eigenvalue weighted by molar-refractivity contribution is 0.268. The number of hydrogen-bond acceptors (Lipinski definition) is 3. The lowest BCUT2D eigenvalue weighted by Gasteiger charge is -2.07. The van der Waals surface area contributed by atoms with Gasteiger partial charge in [0.1, 0.15) is 4.60 Å². The SMILES string of the molecule is Cl.NC(CO)c1ccnc(Br)c1. The molecule has 0 saturated heterocycles. The van der Waals surface area contributed by atoms with E-state index in [1.807, 2.05) is 0 Å². The number of hydrogen-bond donors (Lipinski definition) is 2. The monoisotopic (exact) mass is 252 g/mol. The van der Waals surface area contributed by atoms with Crippen LogP contribution in [0.15, 0.2) is 22.9 Å². The number of aliphatic hydroxyl groups is 1. The van der Waals surface area contributed by atoms with Crippen molar-refractivity contribution in [1.29, 1.82) is 0 Å². The minimum absolute atomic E-state index is 0. The van der Waals surface area contributed by atoms with Gasteiger partial charge in [0.2, 0.25) is 0 Å². The van der Waals surface area contributed by atoms with E-state index >= 15 is 0 Å². The standard InChI is InChI=1S/C7H9BrN2O.ClH/c8-7-3-5(1-2-10-7)6(9)4-11;/h1-3,6,11H,4,9H2;1H. The van der Waals surface area contributed by atoms with Crippen LogP contribution < -0.4 is 5.73 Å². The zero-order valence-electron chi connectivity index (χ0n) is 6.27. The van der Waals surface area contributed by atoms with Gasteiger partial charge in [0, 0.05) is 6.20 Å². The molecule has 0 aromatic carbocycles. The van der Waals surface area contributed by atoms with Gasteiger partial charge in [-0.15, -0.1) is 12.4 Å². The molecule has 1 unspecified atom stereocenters. The molecule has 3 N–H and O–H groups in total. The largest absolute Gasteiger partial charge is 0.394 e. The van der Waals surface area contributed by atoms with Crippen molar-refractivity contribution in [3.8, 4) is 0 Å². The van der Waals surface area contributed by atoms with Crippen molar-refractivity contribution in [2.45, 2.75) is 6.04 Å². The summed E-state index contributed by atoms with van der Waals surface area (Å²) in [6.45, 7) is -0.0452. The second-order valence-corrected chi connectivity index (χ2v) is 3.01. The molecule has 68 valence electrons. The van der Waals surface area contributed by atoms with Crippen LogP contribution in [-0.4, -0.2) is 16.7 Å². The molecule has 1 rings (SSSR count). The van der Waals surface area contributed by atoms with Crippen LogP contribution in [0.5, 0.6) is 0 Å². The van der Waals surface area contributed by atoms with Gasteiger partial charge in [0.05, 0.1) is 12.6 Å². The van der Waals surface area contributed by atoms with Gasteiger partial charge in [-0.05, 0) is 33.6 Å². The highest BCUT2D eigenvalue weighted by Crippen LogP contribution is 2.13. The molecule has 1 heterocycles. The molecule has 1 atom stereocenters. The lowest BCUT2D eigenvalue weighted by Crippen LogP contribution is -2.14. The highest BCUT2D eigenvalue weighted by Gasteiger charge is 2.03. The summed E-state index contributed by atoms with van der Waals surface area (Å²) in [7, 11) is 0. The first-order valence-corrected chi connectivity index (χ1v) is 4.01. The number of aromatic nitrogens is 1. The minimum atomic E-state index is -0.311. The van der Waals surface area contributed by atoms with E-state index in [4.69, 9.17) is 10.8 Å². The topological polar surface area (TPSA) is 59.1 Å². The van der Waals surface area contributed by atoms with Crippen molar-refractivity contribution in [2.24, 2.45) is 5.73 Å². The number of nitrogens with two attached hydrogens (primary N) is 1. The molecule has 0 bridgehead atoms. The smallest absolute Gasteiger partial charge is 0.106 e. The van der Waals surface area contributed by atoms with Crippen LogP contribution in [-0.2, 0) is 0 Å². The fourth-order valence-corrected chi connectivity index (χ4v) is 1.14. The highest BCUT2D eigenvalue weighted by molar-refractivity contribution is 9.10. The first kappa shape index (κ1) is 11.8.